The maximum absolute atomic E-state index is 11.0. The molecule has 3 unspecified atom stereocenters. The quantitative estimate of drug-likeness (QED) is 0.453. The van der Waals surface area contributed by atoms with Crippen LogP contribution in [0.4, 0.5) is 0 Å². The second-order valence-corrected chi connectivity index (χ2v) is 4.77. The van der Waals surface area contributed by atoms with Crippen molar-refractivity contribution in [1.82, 2.24) is 0 Å². The van der Waals surface area contributed by atoms with Crippen LogP contribution in [0.15, 0.2) is 12.2 Å². The first kappa shape index (κ1) is 7.60. The van der Waals surface area contributed by atoms with Crippen molar-refractivity contribution in [1.29, 1.82) is 0 Å². The van der Waals surface area contributed by atoms with Crippen LogP contribution in [-0.4, -0.2) is 11.6 Å². The van der Waals surface area contributed by atoms with Gasteiger partial charge in [0.2, 0.25) is 0 Å². The Labute approximate surface area is 78.0 Å². The first-order valence-electron chi connectivity index (χ1n) is 5.05. The summed E-state index contributed by atoms with van der Waals surface area (Å²) >= 11 is 0. The zero-order valence-corrected chi connectivity index (χ0v) is 7.88. The Balaban J connectivity index is 1.94. The van der Waals surface area contributed by atoms with Gasteiger partial charge in [0.05, 0.1) is 0 Å². The zero-order valence-electron chi connectivity index (χ0n) is 7.88. The molecule has 3 aliphatic carbocycles. The van der Waals surface area contributed by atoms with Crippen LogP contribution in [0.5, 0.6) is 0 Å². The van der Waals surface area contributed by atoms with Gasteiger partial charge in [-0.25, -0.2) is 0 Å². The number of carbonyl (C=O) groups excluding carboxylic acids is 1. The molecule has 2 fully saturated rings. The van der Waals surface area contributed by atoms with Crippen LogP contribution in [0, 0.1) is 11.3 Å². The molecule has 0 saturated heterocycles. The lowest BCUT2D eigenvalue weighted by molar-refractivity contribution is -0.187. The van der Waals surface area contributed by atoms with Crippen molar-refractivity contribution in [2.45, 2.75) is 38.2 Å². The van der Waals surface area contributed by atoms with Crippen molar-refractivity contribution in [3.05, 3.63) is 12.2 Å². The largest absolute Gasteiger partial charge is 0.458 e. The van der Waals surface area contributed by atoms with Gasteiger partial charge in [-0.2, -0.15) is 0 Å². The van der Waals surface area contributed by atoms with E-state index in [1.807, 2.05) is 0 Å². The number of ether oxygens (including phenoxy) is 1. The van der Waals surface area contributed by atoms with Crippen molar-refractivity contribution in [2.75, 3.05) is 0 Å². The van der Waals surface area contributed by atoms with Crippen molar-refractivity contribution < 1.29 is 9.53 Å². The molecule has 0 N–H and O–H groups in total. The molecule has 3 aliphatic rings. The summed E-state index contributed by atoms with van der Waals surface area (Å²) in [5.41, 5.74) is 0.168. The van der Waals surface area contributed by atoms with Crippen LogP contribution in [0.3, 0.4) is 0 Å². The molecule has 70 valence electrons. The maximum atomic E-state index is 11.0. The highest BCUT2D eigenvalue weighted by Gasteiger charge is 2.67. The van der Waals surface area contributed by atoms with E-state index in [9.17, 15) is 4.79 Å². The van der Waals surface area contributed by atoms with Gasteiger partial charge >= 0.3 is 5.97 Å². The van der Waals surface area contributed by atoms with Gasteiger partial charge in [-0.3, -0.25) is 4.79 Å². The van der Waals surface area contributed by atoms with Gasteiger partial charge in [0.15, 0.2) is 0 Å². The molecule has 3 atom stereocenters. The summed E-state index contributed by atoms with van der Waals surface area (Å²) in [6, 6.07) is 0. The fourth-order valence-electron chi connectivity index (χ4n) is 3.51. The smallest absolute Gasteiger partial charge is 0.303 e. The predicted molar refractivity (Wildman–Crippen MR) is 48.0 cm³/mol. The molecule has 2 nitrogen and oxygen atoms in total. The summed E-state index contributed by atoms with van der Waals surface area (Å²) in [6.45, 7) is 1.52. The number of rotatable bonds is 1. The number of fused-ring (bicyclic) bond motifs is 1. The Morgan fingerprint density at radius 3 is 2.77 bits per heavy atom. The molecule has 13 heavy (non-hydrogen) atoms. The molecule has 0 aromatic heterocycles. The van der Waals surface area contributed by atoms with Crippen LogP contribution in [0.25, 0.3) is 0 Å². The van der Waals surface area contributed by atoms with Crippen molar-refractivity contribution in [2.24, 2.45) is 11.3 Å². The number of hydrogen-bond donors (Lipinski definition) is 0. The number of hydrogen-bond acceptors (Lipinski definition) is 2. The third-order valence-electron chi connectivity index (χ3n) is 4.13. The van der Waals surface area contributed by atoms with Gasteiger partial charge in [0, 0.05) is 12.3 Å². The van der Waals surface area contributed by atoms with E-state index in [4.69, 9.17) is 4.74 Å². The van der Waals surface area contributed by atoms with E-state index >= 15 is 0 Å². The summed E-state index contributed by atoms with van der Waals surface area (Å²) in [5, 5.41) is 0. The lowest BCUT2D eigenvalue weighted by atomic mass is 9.58. The van der Waals surface area contributed by atoms with Crippen LogP contribution in [-0.2, 0) is 9.53 Å². The fraction of sp³-hybridized carbons (Fsp3) is 0.727. The molecule has 1 spiro atoms. The third-order valence-corrected chi connectivity index (χ3v) is 4.13. The van der Waals surface area contributed by atoms with Gasteiger partial charge in [-0.15, -0.1) is 0 Å². The summed E-state index contributed by atoms with van der Waals surface area (Å²) in [7, 11) is 0. The van der Waals surface area contributed by atoms with Crippen LogP contribution < -0.4 is 0 Å². The first-order valence-corrected chi connectivity index (χ1v) is 5.05. The lowest BCUT2D eigenvalue weighted by Gasteiger charge is -2.53. The summed E-state index contributed by atoms with van der Waals surface area (Å²) < 4.78 is 5.53. The summed E-state index contributed by atoms with van der Waals surface area (Å²) in [5.74, 6) is 0.571. The molecule has 0 heterocycles. The molecule has 3 rings (SSSR count). The Kier molecular flexibility index (Phi) is 1.17. The van der Waals surface area contributed by atoms with Gasteiger partial charge in [-0.1, -0.05) is 12.2 Å². The van der Waals surface area contributed by atoms with E-state index in [-0.39, 0.29) is 17.0 Å². The number of carbonyl (C=O) groups is 1. The normalized spacial score (nSPS) is 50.1. The van der Waals surface area contributed by atoms with E-state index in [1.54, 1.807) is 0 Å². The average Bonchev–Trinajstić information content (AvgIpc) is 2.52. The molecular formula is C11H14O2. The molecule has 0 aliphatic heterocycles. The third kappa shape index (κ3) is 0.725. The van der Waals surface area contributed by atoms with Gasteiger partial charge < -0.3 is 4.74 Å². The lowest BCUT2D eigenvalue weighted by Crippen LogP contribution is -2.55. The molecule has 2 saturated carbocycles. The molecule has 2 bridgehead atoms. The fourth-order valence-corrected chi connectivity index (χ4v) is 3.51. The van der Waals surface area contributed by atoms with Gasteiger partial charge in [0.25, 0.3) is 0 Å². The monoisotopic (exact) mass is 178 g/mol. The van der Waals surface area contributed by atoms with Crippen LogP contribution >= 0.6 is 0 Å². The van der Waals surface area contributed by atoms with Crippen LogP contribution in [0.2, 0.25) is 0 Å². The second kappa shape index (κ2) is 1.99. The van der Waals surface area contributed by atoms with E-state index in [2.05, 4.69) is 12.2 Å². The van der Waals surface area contributed by atoms with Gasteiger partial charge in [-0.05, 0) is 31.6 Å². The molecule has 0 aromatic carbocycles. The highest BCUT2D eigenvalue weighted by atomic mass is 16.6. The summed E-state index contributed by atoms with van der Waals surface area (Å²) in [6.07, 6.45) is 9.19. The van der Waals surface area contributed by atoms with E-state index in [0.29, 0.717) is 5.92 Å². The standard InChI is InChI=1S/C11H14O2/c1-8(12)13-11-5-4-10(11)3-2-9(6-10)7-11/h2-3,9H,4-7H2,1H3. The Hall–Kier alpha value is -0.790. The molecule has 2 heteroatoms. The van der Waals surface area contributed by atoms with Crippen molar-refractivity contribution in [3.63, 3.8) is 0 Å². The van der Waals surface area contributed by atoms with Crippen molar-refractivity contribution >= 4 is 5.97 Å². The van der Waals surface area contributed by atoms with Crippen molar-refractivity contribution in [3.8, 4) is 0 Å². The van der Waals surface area contributed by atoms with Gasteiger partial charge in [0.1, 0.15) is 5.60 Å². The minimum absolute atomic E-state index is 0.0851. The topological polar surface area (TPSA) is 26.3 Å². The highest BCUT2D eigenvalue weighted by molar-refractivity contribution is 5.67. The number of esters is 1. The molecule has 0 radical (unpaired) electrons. The Morgan fingerprint density at radius 1 is 1.46 bits per heavy atom. The highest BCUT2D eigenvalue weighted by Crippen LogP contribution is 2.68. The average molecular weight is 178 g/mol. The second-order valence-electron chi connectivity index (χ2n) is 4.77. The Bertz CT molecular complexity index is 307. The first-order chi connectivity index (χ1) is 6.16. The minimum Gasteiger partial charge on any atom is -0.458 e. The zero-order chi connectivity index (χ0) is 9.10. The SMILES string of the molecule is CC(=O)OC12CCC13C=CC(C3)C2. The number of allylic oxidation sites excluding steroid dienone is 1. The minimum atomic E-state index is -0.111. The predicted octanol–water partition coefficient (Wildman–Crippen LogP) is 2.05. The van der Waals surface area contributed by atoms with E-state index in [0.717, 1.165) is 12.8 Å². The Morgan fingerprint density at radius 2 is 2.31 bits per heavy atom. The summed E-state index contributed by atoms with van der Waals surface area (Å²) in [4.78, 5) is 11.0. The molecular weight excluding hydrogens is 164 g/mol. The molecule has 0 aromatic rings. The maximum Gasteiger partial charge on any atom is 0.303 e. The van der Waals surface area contributed by atoms with Crippen LogP contribution in [0.1, 0.15) is 32.6 Å². The molecule has 0 amide bonds. The van der Waals surface area contributed by atoms with E-state index < -0.39 is 0 Å². The van der Waals surface area contributed by atoms with E-state index in [1.165, 1.54) is 19.8 Å².